The number of carbonyl (C=O) groups excluding carboxylic acids is 2. The molecule has 0 saturated heterocycles. The smallest absolute Gasteiger partial charge is 0.152 e. The zero-order valence-electron chi connectivity index (χ0n) is 15.7. The maximum absolute atomic E-state index is 13.5. The maximum Gasteiger partial charge on any atom is 0.152 e. The van der Waals surface area contributed by atoms with Gasteiger partial charge in [0, 0.05) is 19.5 Å². The number of thioether (sulfide) groups is 1. The largest absolute Gasteiger partial charge is 0.298 e. The Morgan fingerprint density at radius 2 is 1.66 bits per heavy atom. The summed E-state index contributed by atoms with van der Waals surface area (Å²) in [6.07, 6.45) is 1.09. The lowest BCUT2D eigenvalue weighted by atomic mass is 9.72. The Labute approximate surface area is 179 Å². The van der Waals surface area contributed by atoms with Gasteiger partial charge in [-0.1, -0.05) is 19.1 Å². The lowest BCUT2D eigenvalue weighted by molar-refractivity contribution is -0.126. The van der Waals surface area contributed by atoms with Crippen LogP contribution in [0, 0.1) is 0 Å². The van der Waals surface area contributed by atoms with E-state index in [-0.39, 0.29) is 29.8 Å². The monoisotopic (exact) mass is 432 g/mol. The molecule has 142 valence electrons. The first-order chi connectivity index (χ1) is 14.1. The number of ketones is 2. The minimum atomic E-state index is -0.312. The highest BCUT2D eigenvalue weighted by molar-refractivity contribution is 8.00. The van der Waals surface area contributed by atoms with Crippen LogP contribution >= 0.6 is 34.4 Å². The molecule has 2 aromatic heterocycles. The van der Waals surface area contributed by atoms with Crippen LogP contribution in [0.4, 0.5) is 0 Å². The minimum absolute atomic E-state index is 0.0490. The minimum Gasteiger partial charge on any atom is -0.298 e. The molecule has 2 aromatic carbocycles. The second kappa shape index (κ2) is 5.60. The fourth-order valence-corrected chi connectivity index (χ4v) is 9.02. The van der Waals surface area contributed by atoms with Crippen LogP contribution in [0.1, 0.15) is 53.0 Å². The van der Waals surface area contributed by atoms with Crippen molar-refractivity contribution < 1.29 is 9.59 Å². The van der Waals surface area contributed by atoms with E-state index in [9.17, 15) is 9.59 Å². The SMILES string of the molecule is CC1Cc2c(c3c(c4sccc24)C2C(=O)CC(=O)C3c3ccc4ccsc4c32)S1. The van der Waals surface area contributed by atoms with Crippen molar-refractivity contribution in [1.82, 2.24) is 0 Å². The van der Waals surface area contributed by atoms with Gasteiger partial charge in [0.1, 0.15) is 0 Å². The molecule has 2 bridgehead atoms. The van der Waals surface area contributed by atoms with E-state index in [2.05, 4.69) is 41.9 Å². The van der Waals surface area contributed by atoms with Crippen molar-refractivity contribution in [2.24, 2.45) is 0 Å². The summed E-state index contributed by atoms with van der Waals surface area (Å²) in [5, 5.41) is 7.23. The highest BCUT2D eigenvalue weighted by Gasteiger charge is 2.48. The summed E-state index contributed by atoms with van der Waals surface area (Å²) < 4.78 is 2.41. The number of fused-ring (bicyclic) bond motifs is 6. The first-order valence-corrected chi connectivity index (χ1v) is 12.5. The number of Topliss-reactive ketones (excluding diaryl/α,β-unsaturated/α-hetero) is 2. The summed E-state index contributed by atoms with van der Waals surface area (Å²) in [6.45, 7) is 2.26. The topological polar surface area (TPSA) is 34.1 Å². The first kappa shape index (κ1) is 16.8. The van der Waals surface area contributed by atoms with Gasteiger partial charge in [-0.25, -0.2) is 0 Å². The molecule has 4 aliphatic rings. The van der Waals surface area contributed by atoms with Crippen molar-refractivity contribution in [2.45, 2.75) is 41.7 Å². The number of hydrogen-bond acceptors (Lipinski definition) is 5. The molecule has 29 heavy (non-hydrogen) atoms. The molecule has 3 atom stereocenters. The Hall–Kier alpha value is -1.95. The molecule has 8 rings (SSSR count). The third-order valence-corrected chi connectivity index (χ3v) is 9.90. The Kier molecular flexibility index (Phi) is 3.24. The molecule has 3 aliphatic carbocycles. The first-order valence-electron chi connectivity index (χ1n) is 9.91. The van der Waals surface area contributed by atoms with Crippen LogP contribution in [0.15, 0.2) is 39.9 Å². The van der Waals surface area contributed by atoms with Crippen molar-refractivity contribution in [3.05, 3.63) is 62.8 Å². The standard InChI is InChI=1S/C24H16O2S3/c1-10-8-14-12-5-7-28-23(12)21-19-16(26)9-15(25)17(20(21)24(14)29-10)13-3-2-11-4-6-27-22(11)18(13)19/h2-7,10,17,19H,8-9H2,1H3. The quantitative estimate of drug-likeness (QED) is 0.307. The molecular weight excluding hydrogens is 416 g/mol. The second-order valence-electron chi connectivity index (χ2n) is 8.31. The molecule has 4 aromatic rings. The van der Waals surface area contributed by atoms with Gasteiger partial charge in [0.25, 0.3) is 0 Å². The second-order valence-corrected chi connectivity index (χ2v) is 11.6. The van der Waals surface area contributed by atoms with Gasteiger partial charge in [-0.3, -0.25) is 9.59 Å². The fraction of sp³-hybridized carbons (Fsp3) is 0.250. The zero-order chi connectivity index (χ0) is 19.4. The van der Waals surface area contributed by atoms with E-state index in [1.54, 1.807) is 22.7 Å². The molecule has 0 amide bonds. The number of benzene rings is 2. The predicted octanol–water partition coefficient (Wildman–Crippen LogP) is 6.27. The van der Waals surface area contributed by atoms with E-state index in [0.717, 1.165) is 28.7 Å². The summed E-state index contributed by atoms with van der Waals surface area (Å²) >= 11 is 5.33. The Bertz CT molecular complexity index is 1410. The molecule has 3 heterocycles. The van der Waals surface area contributed by atoms with Crippen LogP contribution in [0.3, 0.4) is 0 Å². The predicted molar refractivity (Wildman–Crippen MR) is 121 cm³/mol. The molecule has 3 unspecified atom stereocenters. The molecule has 0 radical (unpaired) electrons. The van der Waals surface area contributed by atoms with Gasteiger partial charge in [-0.05, 0) is 67.9 Å². The molecule has 0 fully saturated rings. The summed E-state index contributed by atoms with van der Waals surface area (Å²) in [6, 6.07) is 8.58. The Balaban J connectivity index is 1.71. The lowest BCUT2D eigenvalue weighted by Gasteiger charge is -2.32. The maximum atomic E-state index is 13.5. The molecular formula is C24H16O2S3. The molecule has 0 spiro atoms. The third-order valence-electron chi connectivity index (χ3n) is 6.72. The van der Waals surface area contributed by atoms with Crippen molar-refractivity contribution in [3.63, 3.8) is 0 Å². The van der Waals surface area contributed by atoms with Crippen molar-refractivity contribution in [1.29, 1.82) is 0 Å². The normalized spacial score (nSPS) is 24.8. The number of hydrogen-bond donors (Lipinski definition) is 0. The van der Waals surface area contributed by atoms with E-state index in [4.69, 9.17) is 0 Å². The van der Waals surface area contributed by atoms with Gasteiger partial charge < -0.3 is 0 Å². The highest BCUT2D eigenvalue weighted by Crippen LogP contribution is 2.58. The van der Waals surface area contributed by atoms with E-state index in [1.807, 2.05) is 11.8 Å². The van der Waals surface area contributed by atoms with Gasteiger partial charge >= 0.3 is 0 Å². The van der Waals surface area contributed by atoms with Crippen LogP contribution < -0.4 is 0 Å². The summed E-state index contributed by atoms with van der Waals surface area (Å²) in [4.78, 5) is 28.2. The van der Waals surface area contributed by atoms with E-state index in [0.29, 0.717) is 5.25 Å². The van der Waals surface area contributed by atoms with Gasteiger partial charge in [0.2, 0.25) is 0 Å². The van der Waals surface area contributed by atoms with Gasteiger partial charge in [-0.15, -0.1) is 34.4 Å². The average Bonchev–Trinajstić information content (AvgIpc) is 3.41. The van der Waals surface area contributed by atoms with Crippen molar-refractivity contribution in [2.75, 3.05) is 0 Å². The van der Waals surface area contributed by atoms with Crippen LogP contribution in [-0.4, -0.2) is 16.8 Å². The molecule has 0 N–H and O–H groups in total. The third kappa shape index (κ3) is 1.99. The molecule has 5 heteroatoms. The van der Waals surface area contributed by atoms with E-state index < -0.39 is 0 Å². The van der Waals surface area contributed by atoms with E-state index >= 15 is 0 Å². The Morgan fingerprint density at radius 1 is 0.862 bits per heavy atom. The van der Waals surface area contributed by atoms with Gasteiger partial charge in [0.05, 0.1) is 18.3 Å². The van der Waals surface area contributed by atoms with Crippen molar-refractivity contribution in [3.8, 4) is 0 Å². The Morgan fingerprint density at radius 3 is 2.55 bits per heavy atom. The van der Waals surface area contributed by atoms with Crippen LogP contribution in [-0.2, 0) is 16.0 Å². The van der Waals surface area contributed by atoms with Crippen LogP contribution in [0.2, 0.25) is 0 Å². The van der Waals surface area contributed by atoms with Gasteiger partial charge in [0.15, 0.2) is 11.6 Å². The fourth-order valence-electron chi connectivity index (χ4n) is 5.68. The van der Waals surface area contributed by atoms with Gasteiger partial charge in [-0.2, -0.15) is 0 Å². The number of rotatable bonds is 0. The highest BCUT2D eigenvalue weighted by atomic mass is 32.2. The summed E-state index contributed by atoms with van der Waals surface area (Å²) in [5.74, 6) is -0.462. The zero-order valence-corrected chi connectivity index (χ0v) is 18.1. The molecule has 0 saturated carbocycles. The average molecular weight is 433 g/mol. The molecule has 2 nitrogen and oxygen atoms in total. The molecule has 1 aliphatic heterocycles. The number of thiophene rings is 2. The van der Waals surface area contributed by atoms with Crippen molar-refractivity contribution >= 4 is 66.2 Å². The summed E-state index contributed by atoms with van der Waals surface area (Å²) in [7, 11) is 0. The summed E-state index contributed by atoms with van der Waals surface area (Å²) in [5.41, 5.74) is 5.88. The van der Waals surface area contributed by atoms with Crippen LogP contribution in [0.5, 0.6) is 0 Å². The van der Waals surface area contributed by atoms with Crippen LogP contribution in [0.25, 0.3) is 20.2 Å². The lowest BCUT2D eigenvalue weighted by Crippen LogP contribution is -2.21. The van der Waals surface area contributed by atoms with E-state index in [1.165, 1.54) is 30.6 Å². The number of carbonyl (C=O) groups is 2.